The number of hydrogen-bond donors (Lipinski definition) is 0. The van der Waals surface area contributed by atoms with E-state index in [0.717, 1.165) is 30.5 Å². The van der Waals surface area contributed by atoms with Crippen molar-refractivity contribution in [2.45, 2.75) is 25.1 Å². The molecular weight excluding hydrogens is 409 g/mol. The van der Waals surface area contributed by atoms with Gasteiger partial charge in [-0.2, -0.15) is 13.2 Å². The maximum atomic E-state index is 13.0. The maximum Gasteiger partial charge on any atom is 0.416 e. The minimum Gasteiger partial charge on any atom is -0.443 e. The molecule has 1 amide bonds. The standard InChI is InChI=1S/C23H23F3N2O3/c24-23(25,26)18-7-4-8-19(13-18)28-15-20(31-22(28)30)14-27-11-9-17(10-12-27)21(29)16-5-2-1-3-6-16/h1-8,13,17,20H,9-12,14-15H2. The predicted octanol–water partition coefficient (Wildman–Crippen LogP) is 4.63. The van der Waals surface area contributed by atoms with Crippen molar-refractivity contribution in [3.63, 3.8) is 0 Å². The van der Waals surface area contributed by atoms with Crippen molar-refractivity contribution in [1.82, 2.24) is 4.90 Å². The fraction of sp³-hybridized carbons (Fsp3) is 0.391. The highest BCUT2D eigenvalue weighted by Gasteiger charge is 2.36. The number of rotatable bonds is 5. The van der Waals surface area contributed by atoms with E-state index in [0.29, 0.717) is 19.6 Å². The number of amides is 1. The molecule has 1 unspecified atom stereocenters. The molecule has 4 rings (SSSR count). The van der Waals surface area contributed by atoms with Gasteiger partial charge in [0.05, 0.1) is 12.1 Å². The number of ether oxygens (including phenoxy) is 1. The van der Waals surface area contributed by atoms with Gasteiger partial charge in [-0.15, -0.1) is 0 Å². The SMILES string of the molecule is O=C(c1ccccc1)C1CCN(CC2CN(c3cccc(C(F)(F)F)c3)C(=O)O2)CC1. The second-order valence-electron chi connectivity index (χ2n) is 7.97. The Labute approximate surface area is 178 Å². The van der Waals surface area contributed by atoms with Gasteiger partial charge >= 0.3 is 12.3 Å². The van der Waals surface area contributed by atoms with Crippen LogP contribution in [0.25, 0.3) is 0 Å². The van der Waals surface area contributed by atoms with Crippen LogP contribution in [0.15, 0.2) is 54.6 Å². The zero-order valence-corrected chi connectivity index (χ0v) is 16.8. The zero-order chi connectivity index (χ0) is 22.0. The van der Waals surface area contributed by atoms with Crippen LogP contribution in [0, 0.1) is 5.92 Å². The lowest BCUT2D eigenvalue weighted by molar-refractivity contribution is -0.137. The Hall–Kier alpha value is -2.87. The summed E-state index contributed by atoms with van der Waals surface area (Å²) in [5.41, 5.74) is 0.100. The maximum absolute atomic E-state index is 13.0. The summed E-state index contributed by atoms with van der Waals surface area (Å²) in [7, 11) is 0. The smallest absolute Gasteiger partial charge is 0.416 e. The molecular formula is C23H23F3N2O3. The topological polar surface area (TPSA) is 49.9 Å². The summed E-state index contributed by atoms with van der Waals surface area (Å²) in [5, 5.41) is 0. The van der Waals surface area contributed by atoms with E-state index in [9.17, 15) is 22.8 Å². The molecule has 0 N–H and O–H groups in total. The first-order valence-corrected chi connectivity index (χ1v) is 10.3. The largest absolute Gasteiger partial charge is 0.443 e. The molecule has 0 bridgehead atoms. The lowest BCUT2D eigenvalue weighted by Gasteiger charge is -2.32. The van der Waals surface area contributed by atoms with Crippen molar-refractivity contribution in [2.24, 2.45) is 5.92 Å². The van der Waals surface area contributed by atoms with E-state index >= 15 is 0 Å². The highest BCUT2D eigenvalue weighted by atomic mass is 19.4. The van der Waals surface area contributed by atoms with Crippen molar-refractivity contribution < 1.29 is 27.5 Å². The van der Waals surface area contributed by atoms with E-state index in [4.69, 9.17) is 4.74 Å². The zero-order valence-electron chi connectivity index (χ0n) is 16.8. The van der Waals surface area contributed by atoms with Crippen LogP contribution in [0.4, 0.5) is 23.7 Å². The van der Waals surface area contributed by atoms with Crippen molar-refractivity contribution in [3.8, 4) is 0 Å². The summed E-state index contributed by atoms with van der Waals surface area (Å²) in [6.45, 7) is 2.11. The minimum atomic E-state index is -4.47. The molecule has 2 heterocycles. The van der Waals surface area contributed by atoms with Crippen molar-refractivity contribution in [1.29, 1.82) is 0 Å². The summed E-state index contributed by atoms with van der Waals surface area (Å²) in [4.78, 5) is 28.2. The third-order valence-corrected chi connectivity index (χ3v) is 5.84. The van der Waals surface area contributed by atoms with E-state index in [1.165, 1.54) is 17.0 Å². The highest BCUT2D eigenvalue weighted by Crippen LogP contribution is 2.33. The molecule has 2 saturated heterocycles. The Bertz CT molecular complexity index is 941. The number of piperidine rings is 1. The fourth-order valence-corrected chi connectivity index (χ4v) is 4.18. The summed E-state index contributed by atoms with van der Waals surface area (Å²) in [6.07, 6.45) is -4.08. The first-order valence-electron chi connectivity index (χ1n) is 10.3. The van der Waals surface area contributed by atoms with E-state index in [1.807, 2.05) is 30.3 Å². The second kappa shape index (κ2) is 8.70. The number of Topliss-reactive ketones (excluding diaryl/α,β-unsaturated/α-hetero) is 1. The van der Waals surface area contributed by atoms with Crippen molar-refractivity contribution >= 4 is 17.6 Å². The molecule has 2 aromatic rings. The van der Waals surface area contributed by atoms with Crippen LogP contribution >= 0.6 is 0 Å². The van der Waals surface area contributed by atoms with Crippen molar-refractivity contribution in [3.05, 3.63) is 65.7 Å². The molecule has 0 radical (unpaired) electrons. The molecule has 1 atom stereocenters. The van der Waals surface area contributed by atoms with Crippen LogP contribution in [0.1, 0.15) is 28.8 Å². The number of halogens is 3. The lowest BCUT2D eigenvalue weighted by atomic mass is 9.89. The van der Waals surface area contributed by atoms with Gasteiger partial charge in [0.1, 0.15) is 6.10 Å². The molecule has 0 aliphatic carbocycles. The average molecular weight is 432 g/mol. The number of carbonyl (C=O) groups is 2. The molecule has 8 heteroatoms. The number of nitrogens with zero attached hydrogens (tertiary/aromatic N) is 2. The molecule has 2 aliphatic heterocycles. The molecule has 2 fully saturated rings. The van der Waals surface area contributed by atoms with Crippen LogP contribution in [-0.4, -0.2) is 49.1 Å². The van der Waals surface area contributed by atoms with E-state index < -0.39 is 23.9 Å². The quantitative estimate of drug-likeness (QED) is 0.647. The van der Waals surface area contributed by atoms with Crippen LogP contribution in [-0.2, 0) is 10.9 Å². The van der Waals surface area contributed by atoms with Crippen LogP contribution in [0.5, 0.6) is 0 Å². The number of anilines is 1. The van der Waals surface area contributed by atoms with E-state index in [2.05, 4.69) is 4.90 Å². The van der Waals surface area contributed by atoms with Gasteiger partial charge in [0, 0.05) is 23.7 Å². The predicted molar refractivity (Wildman–Crippen MR) is 109 cm³/mol. The van der Waals surface area contributed by atoms with Crippen LogP contribution in [0.3, 0.4) is 0 Å². The molecule has 2 aromatic carbocycles. The van der Waals surface area contributed by atoms with E-state index in [-0.39, 0.29) is 23.9 Å². The second-order valence-corrected chi connectivity index (χ2v) is 7.97. The number of cyclic esters (lactones) is 1. The number of alkyl halides is 3. The Morgan fingerprint density at radius 1 is 1.03 bits per heavy atom. The number of benzene rings is 2. The van der Waals surface area contributed by atoms with Gasteiger partial charge in [0.2, 0.25) is 0 Å². The van der Waals surface area contributed by atoms with Crippen LogP contribution in [0.2, 0.25) is 0 Å². The van der Waals surface area contributed by atoms with Gasteiger partial charge in [-0.1, -0.05) is 36.4 Å². The average Bonchev–Trinajstić information content (AvgIpc) is 3.14. The number of likely N-dealkylation sites (tertiary alicyclic amines) is 1. The third-order valence-electron chi connectivity index (χ3n) is 5.84. The summed E-state index contributed by atoms with van der Waals surface area (Å²) < 4.78 is 44.3. The molecule has 164 valence electrons. The molecule has 0 spiro atoms. The van der Waals surface area contributed by atoms with Crippen molar-refractivity contribution in [2.75, 3.05) is 31.1 Å². The Balaban J connectivity index is 1.32. The minimum absolute atomic E-state index is 0.0219. The number of hydrogen-bond acceptors (Lipinski definition) is 4. The highest BCUT2D eigenvalue weighted by molar-refractivity contribution is 5.97. The molecule has 0 saturated carbocycles. The van der Waals surface area contributed by atoms with Gasteiger partial charge in [-0.05, 0) is 44.1 Å². The Morgan fingerprint density at radius 2 is 1.74 bits per heavy atom. The summed E-state index contributed by atoms with van der Waals surface area (Å²) in [6, 6.07) is 13.9. The molecule has 5 nitrogen and oxygen atoms in total. The van der Waals surface area contributed by atoms with E-state index in [1.54, 1.807) is 0 Å². The third kappa shape index (κ3) is 4.90. The van der Waals surface area contributed by atoms with Gasteiger partial charge in [-0.3, -0.25) is 14.6 Å². The Kier molecular flexibility index (Phi) is 6.00. The fourth-order valence-electron chi connectivity index (χ4n) is 4.18. The number of carbonyl (C=O) groups excluding carboxylic acids is 2. The molecule has 2 aliphatic rings. The molecule has 0 aromatic heterocycles. The van der Waals surface area contributed by atoms with Crippen LogP contribution < -0.4 is 4.90 Å². The first-order chi connectivity index (χ1) is 14.8. The van der Waals surface area contributed by atoms with Gasteiger partial charge in [0.25, 0.3) is 0 Å². The van der Waals surface area contributed by atoms with Gasteiger partial charge in [0.15, 0.2) is 5.78 Å². The first kappa shape index (κ1) is 21.4. The number of ketones is 1. The molecule has 31 heavy (non-hydrogen) atoms. The summed E-state index contributed by atoms with van der Waals surface area (Å²) >= 11 is 0. The monoisotopic (exact) mass is 432 g/mol. The normalized spacial score (nSPS) is 20.7. The summed E-state index contributed by atoms with van der Waals surface area (Å²) in [5.74, 6) is 0.134. The van der Waals surface area contributed by atoms with Gasteiger partial charge < -0.3 is 4.74 Å². The Morgan fingerprint density at radius 3 is 2.42 bits per heavy atom. The van der Waals surface area contributed by atoms with Gasteiger partial charge in [-0.25, -0.2) is 4.79 Å². The lowest BCUT2D eigenvalue weighted by Crippen LogP contribution is -2.41.